The van der Waals surface area contributed by atoms with E-state index in [1.165, 1.54) is 0 Å². The molecule has 0 bridgehead atoms. The molecule has 19 heavy (non-hydrogen) atoms. The molecule has 0 aliphatic carbocycles. The Morgan fingerprint density at radius 2 is 2.32 bits per heavy atom. The molecule has 8 heteroatoms. The Morgan fingerprint density at radius 3 is 2.95 bits per heavy atom. The highest BCUT2D eigenvalue weighted by molar-refractivity contribution is 5.97. The molecule has 0 aromatic carbocycles. The van der Waals surface area contributed by atoms with Crippen molar-refractivity contribution in [1.82, 2.24) is 15.5 Å². The van der Waals surface area contributed by atoms with Crippen molar-refractivity contribution in [1.29, 1.82) is 0 Å². The van der Waals surface area contributed by atoms with Gasteiger partial charge in [0.2, 0.25) is 0 Å². The average molecular weight is 276 g/mol. The number of anilines is 1. The summed E-state index contributed by atoms with van der Waals surface area (Å²) >= 11 is 0. The van der Waals surface area contributed by atoms with E-state index in [2.05, 4.69) is 20.3 Å². The fourth-order valence-corrected chi connectivity index (χ4v) is 1.49. The second kappa shape index (κ2) is 7.67. The number of carbonyl (C=O) groups is 1. The molecule has 6 nitrogen and oxygen atoms in total. The maximum Gasteiger partial charge on any atom is 0.274 e. The quantitative estimate of drug-likeness (QED) is 0.616. The highest BCUT2D eigenvalue weighted by Crippen LogP contribution is 2.15. The van der Waals surface area contributed by atoms with Crippen LogP contribution in [0.1, 0.15) is 29.5 Å². The number of nitrogen functional groups attached to an aromatic ring is 1. The molecule has 0 atom stereocenters. The number of ether oxygens (including phenoxy) is 1. The number of hydrogen-bond donors (Lipinski definition) is 3. The standard InChI is InChI=1S/C11H18F2N4O2/c1-2-3-7-9(14)10(17-16-7)11(18)15-4-5-19-6-8(12)13/h8H,2-6,14H2,1H3,(H,15,18)(H,16,17). The molecular weight excluding hydrogens is 258 g/mol. The van der Waals surface area contributed by atoms with Gasteiger partial charge in [0.1, 0.15) is 6.61 Å². The number of amides is 1. The summed E-state index contributed by atoms with van der Waals surface area (Å²) in [5, 5.41) is 9.04. The maximum atomic E-state index is 11.8. The van der Waals surface area contributed by atoms with Crippen LogP contribution in [0.25, 0.3) is 0 Å². The molecule has 0 fully saturated rings. The predicted octanol–water partition coefficient (Wildman–Crippen LogP) is 0.956. The third-order valence-corrected chi connectivity index (χ3v) is 2.37. The summed E-state index contributed by atoms with van der Waals surface area (Å²) in [5.41, 5.74) is 6.95. The van der Waals surface area contributed by atoms with Gasteiger partial charge in [0, 0.05) is 6.54 Å². The molecule has 0 aliphatic heterocycles. The van der Waals surface area contributed by atoms with Gasteiger partial charge in [-0.05, 0) is 6.42 Å². The van der Waals surface area contributed by atoms with E-state index < -0.39 is 18.9 Å². The van der Waals surface area contributed by atoms with Crippen molar-refractivity contribution < 1.29 is 18.3 Å². The lowest BCUT2D eigenvalue weighted by molar-refractivity contribution is 0.0188. The zero-order valence-corrected chi connectivity index (χ0v) is 10.7. The van der Waals surface area contributed by atoms with Gasteiger partial charge in [0.25, 0.3) is 12.3 Å². The largest absolute Gasteiger partial charge is 0.395 e. The summed E-state index contributed by atoms with van der Waals surface area (Å²) in [5.74, 6) is -0.447. The van der Waals surface area contributed by atoms with Crippen LogP contribution in [-0.4, -0.2) is 42.3 Å². The summed E-state index contributed by atoms with van der Waals surface area (Å²) < 4.78 is 28.2. The minimum absolute atomic E-state index is 0.0161. The molecule has 1 aromatic heterocycles. The van der Waals surface area contributed by atoms with E-state index in [0.717, 1.165) is 12.1 Å². The van der Waals surface area contributed by atoms with E-state index in [4.69, 9.17) is 5.73 Å². The van der Waals surface area contributed by atoms with Crippen LogP contribution in [0.2, 0.25) is 0 Å². The van der Waals surface area contributed by atoms with Gasteiger partial charge in [-0.25, -0.2) is 8.78 Å². The number of aromatic nitrogens is 2. The van der Waals surface area contributed by atoms with Gasteiger partial charge < -0.3 is 15.8 Å². The molecular formula is C11H18F2N4O2. The number of rotatable bonds is 8. The summed E-state index contributed by atoms with van der Waals surface area (Å²) in [6.07, 6.45) is -0.910. The van der Waals surface area contributed by atoms with E-state index in [-0.39, 0.29) is 18.8 Å². The van der Waals surface area contributed by atoms with E-state index >= 15 is 0 Å². The van der Waals surface area contributed by atoms with Gasteiger partial charge in [-0.2, -0.15) is 5.10 Å². The van der Waals surface area contributed by atoms with Gasteiger partial charge in [-0.15, -0.1) is 0 Å². The second-order valence-electron chi connectivity index (χ2n) is 3.94. The van der Waals surface area contributed by atoms with Gasteiger partial charge >= 0.3 is 0 Å². The van der Waals surface area contributed by atoms with Crippen molar-refractivity contribution in [3.63, 3.8) is 0 Å². The van der Waals surface area contributed by atoms with Crippen molar-refractivity contribution in [3.05, 3.63) is 11.4 Å². The first-order chi connectivity index (χ1) is 9.06. The number of carbonyl (C=O) groups excluding carboxylic acids is 1. The number of nitrogens with two attached hydrogens (primary N) is 1. The van der Waals surface area contributed by atoms with Crippen LogP contribution in [0.5, 0.6) is 0 Å². The van der Waals surface area contributed by atoms with Crippen molar-refractivity contribution in [3.8, 4) is 0 Å². The first kappa shape index (κ1) is 15.4. The van der Waals surface area contributed by atoms with Gasteiger partial charge in [0.15, 0.2) is 5.69 Å². The van der Waals surface area contributed by atoms with E-state index in [0.29, 0.717) is 12.1 Å². The predicted molar refractivity (Wildman–Crippen MR) is 66.2 cm³/mol. The fraction of sp³-hybridized carbons (Fsp3) is 0.636. The SMILES string of the molecule is CCCc1[nH]nc(C(=O)NCCOCC(F)F)c1N. The van der Waals surface area contributed by atoms with Crippen LogP contribution in [0.3, 0.4) is 0 Å². The lowest BCUT2D eigenvalue weighted by Crippen LogP contribution is -2.28. The number of nitrogens with zero attached hydrogens (tertiary/aromatic N) is 1. The third kappa shape index (κ3) is 4.82. The molecule has 1 heterocycles. The number of nitrogens with one attached hydrogen (secondary N) is 2. The Morgan fingerprint density at radius 1 is 1.58 bits per heavy atom. The number of H-pyrrole nitrogens is 1. The van der Waals surface area contributed by atoms with Crippen LogP contribution in [0, 0.1) is 0 Å². The third-order valence-electron chi connectivity index (χ3n) is 2.37. The summed E-state index contributed by atoms with van der Waals surface area (Å²) in [6.45, 7) is 1.49. The molecule has 0 aliphatic rings. The molecule has 0 unspecified atom stereocenters. The fourth-order valence-electron chi connectivity index (χ4n) is 1.49. The second-order valence-corrected chi connectivity index (χ2v) is 3.94. The molecule has 0 radical (unpaired) electrons. The van der Waals surface area contributed by atoms with Crippen molar-refractivity contribution >= 4 is 11.6 Å². The highest BCUT2D eigenvalue weighted by atomic mass is 19.3. The molecule has 4 N–H and O–H groups in total. The first-order valence-corrected chi connectivity index (χ1v) is 6.03. The van der Waals surface area contributed by atoms with E-state index in [1.807, 2.05) is 6.92 Å². The first-order valence-electron chi connectivity index (χ1n) is 6.03. The van der Waals surface area contributed by atoms with Gasteiger partial charge in [-0.3, -0.25) is 9.89 Å². The van der Waals surface area contributed by atoms with Gasteiger partial charge in [0.05, 0.1) is 18.0 Å². The summed E-state index contributed by atoms with van der Waals surface area (Å²) in [4.78, 5) is 11.7. The summed E-state index contributed by atoms with van der Waals surface area (Å²) in [6, 6.07) is 0. The highest BCUT2D eigenvalue weighted by Gasteiger charge is 2.16. The zero-order valence-electron chi connectivity index (χ0n) is 10.7. The zero-order chi connectivity index (χ0) is 14.3. The van der Waals surface area contributed by atoms with Crippen LogP contribution >= 0.6 is 0 Å². The van der Waals surface area contributed by atoms with Crippen molar-refractivity contribution in [2.75, 3.05) is 25.5 Å². The Bertz CT molecular complexity index is 409. The number of halogens is 2. The molecule has 0 saturated heterocycles. The normalized spacial score (nSPS) is 10.9. The monoisotopic (exact) mass is 276 g/mol. The minimum Gasteiger partial charge on any atom is -0.395 e. The molecule has 0 spiro atoms. The minimum atomic E-state index is -2.51. The lowest BCUT2D eigenvalue weighted by atomic mass is 10.2. The van der Waals surface area contributed by atoms with E-state index in [1.54, 1.807) is 0 Å². The summed E-state index contributed by atoms with van der Waals surface area (Å²) in [7, 11) is 0. The number of aromatic amines is 1. The van der Waals surface area contributed by atoms with Crippen molar-refractivity contribution in [2.45, 2.75) is 26.2 Å². The Balaban J connectivity index is 2.37. The molecule has 0 saturated carbocycles. The van der Waals surface area contributed by atoms with Crippen LogP contribution in [-0.2, 0) is 11.2 Å². The number of alkyl halides is 2. The molecule has 1 aromatic rings. The number of aryl methyl sites for hydroxylation is 1. The maximum absolute atomic E-state index is 11.8. The molecule has 108 valence electrons. The van der Waals surface area contributed by atoms with Crippen molar-refractivity contribution in [2.24, 2.45) is 0 Å². The lowest BCUT2D eigenvalue weighted by Gasteiger charge is -2.05. The van der Waals surface area contributed by atoms with Crippen LogP contribution < -0.4 is 11.1 Å². The molecule has 1 amide bonds. The Kier molecular flexibility index (Phi) is 6.20. The average Bonchev–Trinajstić information content (AvgIpc) is 2.71. The Labute approximate surface area is 109 Å². The van der Waals surface area contributed by atoms with Gasteiger partial charge in [-0.1, -0.05) is 13.3 Å². The molecule has 1 rings (SSSR count). The van der Waals surface area contributed by atoms with E-state index in [9.17, 15) is 13.6 Å². The topological polar surface area (TPSA) is 93.0 Å². The number of hydrogen-bond acceptors (Lipinski definition) is 4. The van der Waals surface area contributed by atoms with Crippen LogP contribution in [0.15, 0.2) is 0 Å². The Hall–Kier alpha value is -1.70. The van der Waals surface area contributed by atoms with Crippen LogP contribution in [0.4, 0.5) is 14.5 Å². The smallest absolute Gasteiger partial charge is 0.274 e.